The van der Waals surface area contributed by atoms with Gasteiger partial charge in [0, 0.05) is 5.75 Å². The minimum Gasteiger partial charge on any atom is -0.393 e. The number of hydrogen-bond donors (Lipinski definition) is 3. The summed E-state index contributed by atoms with van der Waals surface area (Å²) >= 11 is 1.25. The average molecular weight is 202 g/mol. The Morgan fingerprint density at radius 1 is 1.77 bits per heavy atom. The number of aromatic nitrogens is 2. The number of rotatable bonds is 4. The summed E-state index contributed by atoms with van der Waals surface area (Å²) in [5.41, 5.74) is 5.44. The molecule has 0 spiro atoms. The molecule has 0 radical (unpaired) electrons. The largest absolute Gasteiger partial charge is 0.393 e. The highest BCUT2D eigenvalue weighted by Crippen LogP contribution is 2.19. The molecule has 0 aliphatic rings. The van der Waals surface area contributed by atoms with Gasteiger partial charge in [-0.1, -0.05) is 11.8 Å². The van der Waals surface area contributed by atoms with E-state index in [-0.39, 0.29) is 11.5 Å². The maximum Gasteiger partial charge on any atom is 0.183 e. The Kier molecular flexibility index (Phi) is 3.26. The monoisotopic (exact) mass is 202 g/mol. The molecule has 13 heavy (non-hydrogen) atoms. The molecule has 0 fully saturated rings. The van der Waals surface area contributed by atoms with Crippen LogP contribution in [0.3, 0.4) is 0 Å². The third-order valence-corrected chi connectivity index (χ3v) is 2.37. The van der Waals surface area contributed by atoms with Crippen LogP contribution in [0.2, 0.25) is 0 Å². The summed E-state index contributed by atoms with van der Waals surface area (Å²) in [7, 11) is 0. The summed E-state index contributed by atoms with van der Waals surface area (Å²) in [6.45, 7) is 1.66. The van der Waals surface area contributed by atoms with Gasteiger partial charge >= 0.3 is 0 Å². The molecule has 0 aromatic carbocycles. The summed E-state index contributed by atoms with van der Waals surface area (Å²) < 4.78 is 4.42. The second-order valence-corrected chi connectivity index (χ2v) is 3.50. The molecule has 1 atom stereocenters. The van der Waals surface area contributed by atoms with Gasteiger partial charge in [0.2, 0.25) is 0 Å². The van der Waals surface area contributed by atoms with Crippen molar-refractivity contribution < 1.29 is 9.74 Å². The standard InChI is InChI=1S/C6H10N4O2S/c1-3(11)2-13-6-4(5(7)8)9-12-10-6/h3,11H,2H2,1H3,(H3,7,8). The third-order valence-electron chi connectivity index (χ3n) is 1.17. The molecular weight excluding hydrogens is 192 g/mol. The van der Waals surface area contributed by atoms with Gasteiger partial charge in [-0.2, -0.15) is 0 Å². The van der Waals surface area contributed by atoms with E-state index in [9.17, 15) is 0 Å². The molecule has 1 unspecified atom stereocenters. The fraction of sp³-hybridized carbons (Fsp3) is 0.500. The van der Waals surface area contributed by atoms with Crippen molar-refractivity contribution in [3.8, 4) is 0 Å². The van der Waals surface area contributed by atoms with E-state index in [1.54, 1.807) is 6.92 Å². The second-order valence-electron chi connectivity index (χ2n) is 2.49. The number of hydrogen-bond acceptors (Lipinski definition) is 6. The van der Waals surface area contributed by atoms with E-state index in [1.165, 1.54) is 11.8 Å². The van der Waals surface area contributed by atoms with Gasteiger partial charge in [0.1, 0.15) is 5.84 Å². The first-order chi connectivity index (χ1) is 6.11. The molecule has 1 aromatic rings. The number of nitrogens with one attached hydrogen (secondary N) is 1. The first-order valence-electron chi connectivity index (χ1n) is 3.59. The van der Waals surface area contributed by atoms with E-state index in [4.69, 9.17) is 16.2 Å². The molecule has 0 aliphatic heterocycles. The summed E-state index contributed by atoms with van der Waals surface area (Å²) in [5, 5.41) is 23.6. The van der Waals surface area contributed by atoms with E-state index in [0.717, 1.165) is 0 Å². The summed E-state index contributed by atoms with van der Waals surface area (Å²) in [6, 6.07) is 0. The quantitative estimate of drug-likeness (QED) is 0.355. The Bertz CT molecular complexity index is 299. The van der Waals surface area contributed by atoms with E-state index < -0.39 is 6.10 Å². The summed E-state index contributed by atoms with van der Waals surface area (Å²) in [5.74, 6) is 0.281. The lowest BCUT2D eigenvalue weighted by atomic mass is 10.4. The lowest BCUT2D eigenvalue weighted by Crippen LogP contribution is -2.13. The van der Waals surface area contributed by atoms with Gasteiger partial charge < -0.3 is 10.8 Å². The molecule has 0 saturated heterocycles. The number of nitrogen functional groups attached to an aromatic ring is 1. The van der Waals surface area contributed by atoms with E-state index in [0.29, 0.717) is 10.8 Å². The smallest absolute Gasteiger partial charge is 0.183 e. The maximum absolute atomic E-state index is 9.00. The second kappa shape index (κ2) is 4.24. The molecule has 7 heteroatoms. The van der Waals surface area contributed by atoms with Gasteiger partial charge in [-0.3, -0.25) is 5.41 Å². The fourth-order valence-electron chi connectivity index (χ4n) is 0.639. The Labute approximate surface area is 79.0 Å². The van der Waals surface area contributed by atoms with Crippen LogP contribution in [0.4, 0.5) is 0 Å². The molecule has 0 aliphatic carbocycles. The topological polar surface area (TPSA) is 109 Å². The Morgan fingerprint density at radius 3 is 3.00 bits per heavy atom. The molecule has 1 heterocycles. The van der Waals surface area contributed by atoms with Gasteiger partial charge in [0.15, 0.2) is 10.7 Å². The van der Waals surface area contributed by atoms with Crippen LogP contribution >= 0.6 is 11.8 Å². The molecule has 0 amide bonds. The highest BCUT2D eigenvalue weighted by Gasteiger charge is 2.13. The zero-order valence-corrected chi connectivity index (χ0v) is 7.84. The minimum absolute atomic E-state index is 0.186. The first kappa shape index (κ1) is 10.0. The Balaban J connectivity index is 2.65. The zero-order valence-electron chi connectivity index (χ0n) is 7.02. The number of nitrogens with two attached hydrogens (primary N) is 1. The van der Waals surface area contributed by atoms with Crippen molar-refractivity contribution >= 4 is 17.6 Å². The van der Waals surface area contributed by atoms with Crippen molar-refractivity contribution in [2.45, 2.75) is 18.1 Å². The van der Waals surface area contributed by atoms with Crippen molar-refractivity contribution in [1.29, 1.82) is 5.41 Å². The molecular formula is C6H10N4O2S. The van der Waals surface area contributed by atoms with E-state index in [2.05, 4.69) is 14.9 Å². The van der Waals surface area contributed by atoms with Crippen molar-refractivity contribution in [3.05, 3.63) is 5.69 Å². The van der Waals surface area contributed by atoms with Gasteiger partial charge in [-0.05, 0) is 17.2 Å². The molecule has 0 saturated carbocycles. The molecule has 1 rings (SSSR count). The predicted octanol–water partition coefficient (Wildman–Crippen LogP) is -0.173. The van der Waals surface area contributed by atoms with Crippen molar-refractivity contribution in [1.82, 2.24) is 10.3 Å². The summed E-state index contributed by atoms with van der Waals surface area (Å²) in [6.07, 6.45) is -0.443. The van der Waals surface area contributed by atoms with Crippen LogP contribution < -0.4 is 5.73 Å². The van der Waals surface area contributed by atoms with E-state index in [1.807, 2.05) is 0 Å². The zero-order chi connectivity index (χ0) is 9.84. The third kappa shape index (κ3) is 2.71. The molecule has 4 N–H and O–H groups in total. The molecule has 0 bridgehead atoms. The van der Waals surface area contributed by atoms with Crippen LogP contribution in [-0.4, -0.2) is 33.1 Å². The minimum atomic E-state index is -0.443. The van der Waals surface area contributed by atoms with Crippen LogP contribution in [0.15, 0.2) is 9.65 Å². The van der Waals surface area contributed by atoms with Crippen molar-refractivity contribution in [2.75, 3.05) is 5.75 Å². The fourth-order valence-corrected chi connectivity index (χ4v) is 1.41. The van der Waals surface area contributed by atoms with Gasteiger partial charge in [0.25, 0.3) is 0 Å². The number of aliphatic hydroxyl groups is 1. The van der Waals surface area contributed by atoms with Crippen LogP contribution in [-0.2, 0) is 0 Å². The van der Waals surface area contributed by atoms with Gasteiger partial charge in [-0.25, -0.2) is 4.63 Å². The SMILES string of the molecule is CC(O)CSc1nonc1C(=N)N. The van der Waals surface area contributed by atoms with Crippen LogP contribution in [0.5, 0.6) is 0 Å². The number of amidine groups is 1. The number of aliphatic hydroxyl groups excluding tert-OH is 1. The maximum atomic E-state index is 9.00. The number of thioether (sulfide) groups is 1. The van der Waals surface area contributed by atoms with Crippen molar-refractivity contribution in [2.24, 2.45) is 5.73 Å². The van der Waals surface area contributed by atoms with Crippen LogP contribution in [0.1, 0.15) is 12.6 Å². The first-order valence-corrected chi connectivity index (χ1v) is 4.57. The lowest BCUT2D eigenvalue weighted by Gasteiger charge is -2.00. The Hall–Kier alpha value is -1.08. The predicted molar refractivity (Wildman–Crippen MR) is 47.7 cm³/mol. The average Bonchev–Trinajstić information content (AvgIpc) is 2.47. The molecule has 72 valence electrons. The summed E-state index contributed by atoms with van der Waals surface area (Å²) in [4.78, 5) is 0. The highest BCUT2D eigenvalue weighted by atomic mass is 32.2. The van der Waals surface area contributed by atoms with Gasteiger partial charge in [0.05, 0.1) is 6.10 Å². The normalized spacial score (nSPS) is 12.8. The van der Waals surface area contributed by atoms with Crippen LogP contribution in [0, 0.1) is 5.41 Å². The van der Waals surface area contributed by atoms with E-state index >= 15 is 0 Å². The lowest BCUT2D eigenvalue weighted by molar-refractivity contribution is 0.220. The molecule has 1 aromatic heterocycles. The number of nitrogens with zero attached hydrogens (tertiary/aromatic N) is 2. The van der Waals surface area contributed by atoms with Crippen LogP contribution in [0.25, 0.3) is 0 Å². The highest BCUT2D eigenvalue weighted by molar-refractivity contribution is 7.99. The van der Waals surface area contributed by atoms with Gasteiger partial charge in [-0.15, -0.1) is 0 Å². The van der Waals surface area contributed by atoms with Crippen molar-refractivity contribution in [3.63, 3.8) is 0 Å². The Morgan fingerprint density at radius 2 is 2.46 bits per heavy atom. The molecule has 6 nitrogen and oxygen atoms in total.